The first-order valence-electron chi connectivity index (χ1n) is 8.25. The van der Waals surface area contributed by atoms with Gasteiger partial charge in [0.15, 0.2) is 0 Å². The third-order valence-electron chi connectivity index (χ3n) is 3.79. The van der Waals surface area contributed by atoms with E-state index < -0.39 is 0 Å². The molecule has 0 bridgehead atoms. The Kier molecular flexibility index (Phi) is 9.65. The van der Waals surface area contributed by atoms with Crippen LogP contribution in [0.2, 0.25) is 0 Å². The van der Waals surface area contributed by atoms with Gasteiger partial charge in [-0.25, -0.2) is 0 Å². The van der Waals surface area contributed by atoms with E-state index in [1.54, 1.807) is 0 Å². The van der Waals surface area contributed by atoms with Gasteiger partial charge in [-0.15, -0.1) is 0 Å². The first-order chi connectivity index (χ1) is 9.88. The van der Waals surface area contributed by atoms with Crippen LogP contribution in [-0.2, 0) is 0 Å². The molecule has 0 aliphatic rings. The molecule has 0 saturated heterocycles. The number of allylic oxidation sites excluding steroid dienone is 4. The predicted octanol–water partition coefficient (Wildman–Crippen LogP) is 6.65. The normalized spacial score (nSPS) is 13.3. The van der Waals surface area contributed by atoms with Crippen molar-refractivity contribution in [2.75, 3.05) is 0 Å². The fourth-order valence-electron chi connectivity index (χ4n) is 2.49. The van der Waals surface area contributed by atoms with E-state index in [9.17, 15) is 0 Å². The fourth-order valence-corrected chi connectivity index (χ4v) is 2.49. The smallest absolute Gasteiger partial charge is 0.0164 e. The molecular weight excluding hydrogens is 240 g/mol. The summed E-state index contributed by atoms with van der Waals surface area (Å²) in [7, 11) is 0. The van der Waals surface area contributed by atoms with Gasteiger partial charge in [-0.3, -0.25) is 0 Å². The van der Waals surface area contributed by atoms with Gasteiger partial charge in [-0.05, 0) is 43.6 Å². The van der Waals surface area contributed by atoms with Crippen molar-refractivity contribution in [2.24, 2.45) is 0 Å². The fraction of sp³-hybridized carbons (Fsp3) is 0.500. The van der Waals surface area contributed by atoms with E-state index in [0.717, 1.165) is 5.92 Å². The maximum Gasteiger partial charge on any atom is -0.0164 e. The van der Waals surface area contributed by atoms with Crippen LogP contribution in [0.1, 0.15) is 70.3 Å². The first-order valence-corrected chi connectivity index (χ1v) is 8.25. The van der Waals surface area contributed by atoms with Crippen LogP contribution in [-0.4, -0.2) is 0 Å². The van der Waals surface area contributed by atoms with Crippen LogP contribution in [0.15, 0.2) is 54.6 Å². The molecule has 1 rings (SSSR count). The maximum absolute atomic E-state index is 2.31. The topological polar surface area (TPSA) is 0 Å². The van der Waals surface area contributed by atoms with Gasteiger partial charge < -0.3 is 0 Å². The minimum Gasteiger partial charge on any atom is -0.0845 e. The highest BCUT2D eigenvalue weighted by molar-refractivity contribution is 5.19. The maximum atomic E-state index is 2.31. The minimum absolute atomic E-state index is 0.727. The van der Waals surface area contributed by atoms with Gasteiger partial charge in [0, 0.05) is 0 Å². The number of benzene rings is 1. The van der Waals surface area contributed by atoms with Crippen LogP contribution in [0.4, 0.5) is 0 Å². The molecular formula is C20H30. The average Bonchev–Trinajstić information content (AvgIpc) is 2.50. The zero-order valence-corrected chi connectivity index (χ0v) is 13.2. The second-order valence-electron chi connectivity index (χ2n) is 5.45. The lowest BCUT2D eigenvalue weighted by atomic mass is 9.91. The molecule has 1 unspecified atom stereocenters. The standard InChI is InChI=1S/C20H30/c1-3-5-6-7-8-9-10-11-13-16-19(4-2)20-17-14-12-15-18-20/h7-10,12,14-15,17-19H,3-6,11,13,16H2,1-2H3. The van der Waals surface area contributed by atoms with Crippen molar-refractivity contribution in [2.45, 2.75) is 64.7 Å². The lowest BCUT2D eigenvalue weighted by Crippen LogP contribution is -1.96. The quantitative estimate of drug-likeness (QED) is 0.329. The van der Waals surface area contributed by atoms with Gasteiger partial charge in [0.2, 0.25) is 0 Å². The number of hydrogen-bond donors (Lipinski definition) is 0. The largest absolute Gasteiger partial charge is 0.0845 e. The number of rotatable bonds is 10. The Morgan fingerprint density at radius 3 is 2.15 bits per heavy atom. The van der Waals surface area contributed by atoms with Gasteiger partial charge in [0.1, 0.15) is 0 Å². The zero-order valence-electron chi connectivity index (χ0n) is 13.2. The number of hydrogen-bond acceptors (Lipinski definition) is 0. The van der Waals surface area contributed by atoms with Crippen LogP contribution in [0.25, 0.3) is 0 Å². The molecule has 0 saturated carbocycles. The second-order valence-corrected chi connectivity index (χ2v) is 5.45. The summed E-state index contributed by atoms with van der Waals surface area (Å²) < 4.78 is 0. The Balaban J connectivity index is 2.19. The summed E-state index contributed by atoms with van der Waals surface area (Å²) >= 11 is 0. The lowest BCUT2D eigenvalue weighted by molar-refractivity contribution is 0.580. The molecule has 110 valence electrons. The Bertz CT molecular complexity index is 372. The molecule has 0 N–H and O–H groups in total. The molecule has 0 amide bonds. The molecule has 0 nitrogen and oxygen atoms in total. The highest BCUT2D eigenvalue weighted by atomic mass is 14.1. The Morgan fingerprint density at radius 2 is 1.55 bits per heavy atom. The van der Waals surface area contributed by atoms with Crippen molar-refractivity contribution in [3.63, 3.8) is 0 Å². The van der Waals surface area contributed by atoms with Gasteiger partial charge in [-0.1, -0.05) is 81.3 Å². The summed E-state index contributed by atoms with van der Waals surface area (Å²) in [5.74, 6) is 0.727. The van der Waals surface area contributed by atoms with Crippen molar-refractivity contribution >= 4 is 0 Å². The van der Waals surface area contributed by atoms with Crippen molar-refractivity contribution in [1.29, 1.82) is 0 Å². The molecule has 0 aliphatic heterocycles. The van der Waals surface area contributed by atoms with E-state index in [4.69, 9.17) is 0 Å². The molecule has 0 heterocycles. The SMILES string of the molecule is CCCCC=CC=CCCCC(CC)c1ccccc1. The van der Waals surface area contributed by atoms with Crippen LogP contribution in [0.3, 0.4) is 0 Å². The van der Waals surface area contributed by atoms with Crippen LogP contribution in [0, 0.1) is 0 Å². The van der Waals surface area contributed by atoms with Crippen LogP contribution < -0.4 is 0 Å². The summed E-state index contributed by atoms with van der Waals surface area (Å²) in [5.41, 5.74) is 1.50. The van der Waals surface area contributed by atoms with E-state index in [-0.39, 0.29) is 0 Å². The third-order valence-corrected chi connectivity index (χ3v) is 3.79. The Morgan fingerprint density at radius 1 is 0.900 bits per heavy atom. The van der Waals surface area contributed by atoms with Gasteiger partial charge >= 0.3 is 0 Å². The van der Waals surface area contributed by atoms with Gasteiger partial charge in [0.05, 0.1) is 0 Å². The molecule has 0 radical (unpaired) electrons. The van der Waals surface area contributed by atoms with E-state index >= 15 is 0 Å². The Hall–Kier alpha value is -1.30. The third kappa shape index (κ3) is 7.33. The van der Waals surface area contributed by atoms with Crippen molar-refractivity contribution in [3.05, 3.63) is 60.2 Å². The number of unbranched alkanes of at least 4 members (excludes halogenated alkanes) is 3. The molecule has 0 fully saturated rings. The van der Waals surface area contributed by atoms with E-state index in [2.05, 4.69) is 68.5 Å². The molecule has 0 heteroatoms. The molecule has 0 spiro atoms. The first kappa shape index (κ1) is 16.8. The summed E-state index contributed by atoms with van der Waals surface area (Å²) in [6.07, 6.45) is 17.8. The van der Waals surface area contributed by atoms with Crippen LogP contribution in [0.5, 0.6) is 0 Å². The summed E-state index contributed by atoms with van der Waals surface area (Å²) in [4.78, 5) is 0. The molecule has 0 aliphatic carbocycles. The Labute approximate surface area is 125 Å². The van der Waals surface area contributed by atoms with Crippen LogP contribution >= 0.6 is 0 Å². The lowest BCUT2D eigenvalue weighted by Gasteiger charge is -2.14. The van der Waals surface area contributed by atoms with Crippen molar-refractivity contribution in [1.82, 2.24) is 0 Å². The second kappa shape index (κ2) is 11.5. The monoisotopic (exact) mass is 270 g/mol. The molecule has 1 aromatic rings. The highest BCUT2D eigenvalue weighted by Crippen LogP contribution is 2.25. The zero-order chi connectivity index (χ0) is 14.5. The van der Waals surface area contributed by atoms with Gasteiger partial charge in [-0.2, -0.15) is 0 Å². The summed E-state index contributed by atoms with van der Waals surface area (Å²) in [6, 6.07) is 10.9. The minimum atomic E-state index is 0.727. The van der Waals surface area contributed by atoms with E-state index in [1.165, 1.54) is 50.5 Å². The average molecular weight is 270 g/mol. The summed E-state index contributed by atoms with van der Waals surface area (Å²) in [6.45, 7) is 4.53. The molecule has 1 atom stereocenters. The van der Waals surface area contributed by atoms with E-state index in [1.807, 2.05) is 0 Å². The van der Waals surface area contributed by atoms with Crippen molar-refractivity contribution < 1.29 is 0 Å². The van der Waals surface area contributed by atoms with Gasteiger partial charge in [0.25, 0.3) is 0 Å². The summed E-state index contributed by atoms with van der Waals surface area (Å²) in [5, 5.41) is 0. The van der Waals surface area contributed by atoms with E-state index in [0.29, 0.717) is 0 Å². The predicted molar refractivity (Wildman–Crippen MR) is 91.1 cm³/mol. The molecule has 1 aromatic carbocycles. The molecule has 0 aromatic heterocycles. The highest BCUT2D eigenvalue weighted by Gasteiger charge is 2.07. The van der Waals surface area contributed by atoms with Crippen molar-refractivity contribution in [3.8, 4) is 0 Å². The molecule has 20 heavy (non-hydrogen) atoms.